The molecule has 0 saturated carbocycles. The Hall–Kier alpha value is -2.56. The van der Waals surface area contributed by atoms with Gasteiger partial charge >= 0.3 is 0 Å². The Bertz CT molecular complexity index is 656. The van der Waals surface area contributed by atoms with Crippen molar-refractivity contribution < 1.29 is 9.18 Å². The molecular formula is C15H16FN3O. The lowest BCUT2D eigenvalue weighted by Gasteiger charge is -2.13. The molecule has 0 fully saturated rings. The van der Waals surface area contributed by atoms with Crippen molar-refractivity contribution in [3.8, 4) is 0 Å². The van der Waals surface area contributed by atoms with Crippen LogP contribution in [0.4, 0.5) is 21.5 Å². The lowest BCUT2D eigenvalue weighted by atomic mass is 10.1. The first kappa shape index (κ1) is 13.9. The monoisotopic (exact) mass is 273 g/mol. The van der Waals surface area contributed by atoms with E-state index in [2.05, 4.69) is 10.6 Å². The third-order valence-corrected chi connectivity index (χ3v) is 3.01. The number of aryl methyl sites for hydroxylation is 1. The molecule has 4 nitrogen and oxygen atoms in total. The third-order valence-electron chi connectivity index (χ3n) is 3.01. The highest BCUT2D eigenvalue weighted by molar-refractivity contribution is 5.96. The van der Waals surface area contributed by atoms with Crippen LogP contribution >= 0.6 is 0 Å². The summed E-state index contributed by atoms with van der Waals surface area (Å²) in [7, 11) is 1.56. The fourth-order valence-corrected chi connectivity index (χ4v) is 1.82. The molecule has 1 amide bonds. The summed E-state index contributed by atoms with van der Waals surface area (Å²) < 4.78 is 13.3. The molecule has 2 rings (SSSR count). The second kappa shape index (κ2) is 5.61. The van der Waals surface area contributed by atoms with Crippen molar-refractivity contribution in [2.75, 3.05) is 18.1 Å². The SMILES string of the molecule is CNC(=O)c1ccc(N)c(Nc2cc(F)ccc2C)c1. The summed E-state index contributed by atoms with van der Waals surface area (Å²) in [5.41, 5.74) is 8.92. The molecule has 0 bridgehead atoms. The van der Waals surface area contributed by atoms with Crippen molar-refractivity contribution in [2.45, 2.75) is 6.92 Å². The Morgan fingerprint density at radius 2 is 1.90 bits per heavy atom. The van der Waals surface area contributed by atoms with Crippen LogP contribution in [0.5, 0.6) is 0 Å². The number of carbonyl (C=O) groups is 1. The zero-order valence-corrected chi connectivity index (χ0v) is 11.3. The van der Waals surface area contributed by atoms with E-state index in [0.717, 1.165) is 5.56 Å². The van der Waals surface area contributed by atoms with E-state index in [4.69, 9.17) is 5.73 Å². The zero-order chi connectivity index (χ0) is 14.7. The normalized spacial score (nSPS) is 10.2. The minimum Gasteiger partial charge on any atom is -0.397 e. The molecule has 2 aromatic carbocycles. The van der Waals surface area contributed by atoms with Gasteiger partial charge in [0.2, 0.25) is 0 Å². The molecule has 0 atom stereocenters. The third kappa shape index (κ3) is 2.88. The van der Waals surface area contributed by atoms with Gasteiger partial charge in [0.05, 0.1) is 11.4 Å². The van der Waals surface area contributed by atoms with Crippen LogP contribution in [0.2, 0.25) is 0 Å². The molecule has 0 radical (unpaired) electrons. The Kier molecular flexibility index (Phi) is 3.89. The fraction of sp³-hybridized carbons (Fsp3) is 0.133. The number of anilines is 3. The van der Waals surface area contributed by atoms with Crippen LogP contribution in [0.3, 0.4) is 0 Å². The number of rotatable bonds is 3. The summed E-state index contributed by atoms with van der Waals surface area (Å²) in [6.45, 7) is 1.86. The van der Waals surface area contributed by atoms with E-state index in [1.54, 1.807) is 31.3 Å². The number of hydrogen-bond acceptors (Lipinski definition) is 3. The smallest absolute Gasteiger partial charge is 0.251 e. The van der Waals surface area contributed by atoms with Gasteiger partial charge in [-0.1, -0.05) is 6.07 Å². The van der Waals surface area contributed by atoms with Gasteiger partial charge in [0, 0.05) is 18.3 Å². The topological polar surface area (TPSA) is 67.2 Å². The molecule has 20 heavy (non-hydrogen) atoms. The van der Waals surface area contributed by atoms with Gasteiger partial charge in [0.1, 0.15) is 5.82 Å². The number of nitrogens with one attached hydrogen (secondary N) is 2. The van der Waals surface area contributed by atoms with Crippen molar-refractivity contribution in [3.05, 3.63) is 53.3 Å². The molecule has 0 unspecified atom stereocenters. The second-order valence-electron chi connectivity index (χ2n) is 4.47. The largest absolute Gasteiger partial charge is 0.397 e. The van der Waals surface area contributed by atoms with Gasteiger partial charge in [-0.25, -0.2) is 4.39 Å². The Labute approximate surface area is 116 Å². The lowest BCUT2D eigenvalue weighted by Crippen LogP contribution is -2.18. The van der Waals surface area contributed by atoms with Crippen molar-refractivity contribution >= 4 is 23.0 Å². The minimum absolute atomic E-state index is 0.205. The van der Waals surface area contributed by atoms with Crippen LogP contribution in [0, 0.1) is 12.7 Å². The molecule has 0 aromatic heterocycles. The molecule has 0 saturated heterocycles. The number of hydrogen-bond donors (Lipinski definition) is 3. The number of amides is 1. The van der Waals surface area contributed by atoms with Gasteiger partial charge in [-0.3, -0.25) is 4.79 Å². The first-order chi connectivity index (χ1) is 9.51. The molecule has 0 aliphatic carbocycles. The predicted molar refractivity (Wildman–Crippen MR) is 78.7 cm³/mol. The van der Waals surface area contributed by atoms with E-state index in [9.17, 15) is 9.18 Å². The molecule has 0 aliphatic heterocycles. The van der Waals surface area contributed by atoms with Crippen LogP contribution < -0.4 is 16.4 Å². The highest BCUT2D eigenvalue weighted by Gasteiger charge is 2.08. The quantitative estimate of drug-likeness (QED) is 0.753. The summed E-state index contributed by atoms with van der Waals surface area (Å²) in [5.74, 6) is -0.539. The first-order valence-corrected chi connectivity index (χ1v) is 6.16. The summed E-state index contributed by atoms with van der Waals surface area (Å²) in [6, 6.07) is 9.38. The maximum atomic E-state index is 13.3. The van der Waals surface area contributed by atoms with Crippen molar-refractivity contribution in [1.82, 2.24) is 5.32 Å². The Morgan fingerprint density at radius 3 is 2.60 bits per heavy atom. The molecular weight excluding hydrogens is 257 g/mol. The Morgan fingerprint density at radius 1 is 1.15 bits per heavy atom. The average molecular weight is 273 g/mol. The van der Waals surface area contributed by atoms with Crippen LogP contribution in [0.1, 0.15) is 15.9 Å². The van der Waals surface area contributed by atoms with E-state index >= 15 is 0 Å². The van der Waals surface area contributed by atoms with Crippen LogP contribution in [0.25, 0.3) is 0 Å². The zero-order valence-electron chi connectivity index (χ0n) is 11.3. The number of carbonyl (C=O) groups excluding carboxylic acids is 1. The fourth-order valence-electron chi connectivity index (χ4n) is 1.82. The molecule has 4 N–H and O–H groups in total. The highest BCUT2D eigenvalue weighted by Crippen LogP contribution is 2.26. The van der Waals surface area contributed by atoms with Gasteiger partial charge in [0.25, 0.3) is 5.91 Å². The molecule has 2 aromatic rings. The summed E-state index contributed by atoms with van der Waals surface area (Å²) >= 11 is 0. The predicted octanol–water partition coefficient (Wildman–Crippen LogP) is 2.82. The summed E-state index contributed by atoms with van der Waals surface area (Å²) in [4.78, 5) is 11.6. The number of halogens is 1. The summed E-state index contributed by atoms with van der Waals surface area (Å²) in [6.07, 6.45) is 0. The molecule has 0 aliphatic rings. The van der Waals surface area contributed by atoms with Gasteiger partial charge < -0.3 is 16.4 Å². The maximum Gasteiger partial charge on any atom is 0.251 e. The number of nitrogens with two attached hydrogens (primary N) is 1. The van der Waals surface area contributed by atoms with Gasteiger partial charge in [-0.2, -0.15) is 0 Å². The van der Waals surface area contributed by atoms with Crippen LogP contribution in [-0.2, 0) is 0 Å². The maximum absolute atomic E-state index is 13.3. The number of benzene rings is 2. The van der Waals surface area contributed by atoms with E-state index in [-0.39, 0.29) is 11.7 Å². The van der Waals surface area contributed by atoms with E-state index in [1.165, 1.54) is 12.1 Å². The first-order valence-electron chi connectivity index (χ1n) is 6.16. The van der Waals surface area contributed by atoms with Gasteiger partial charge in [-0.05, 0) is 42.8 Å². The van der Waals surface area contributed by atoms with Crippen LogP contribution in [0.15, 0.2) is 36.4 Å². The van der Waals surface area contributed by atoms with Crippen molar-refractivity contribution in [2.24, 2.45) is 0 Å². The van der Waals surface area contributed by atoms with Crippen LogP contribution in [-0.4, -0.2) is 13.0 Å². The second-order valence-corrected chi connectivity index (χ2v) is 4.47. The summed E-state index contributed by atoms with van der Waals surface area (Å²) in [5, 5.41) is 5.60. The molecule has 104 valence electrons. The Balaban J connectivity index is 2.37. The molecule has 0 heterocycles. The number of nitrogen functional groups attached to an aromatic ring is 1. The minimum atomic E-state index is -0.334. The van der Waals surface area contributed by atoms with Crippen molar-refractivity contribution in [3.63, 3.8) is 0 Å². The van der Waals surface area contributed by atoms with E-state index < -0.39 is 0 Å². The standard InChI is InChI=1S/C15H16FN3O/c1-9-3-5-11(16)8-13(9)19-14-7-10(15(20)18-2)4-6-12(14)17/h3-8,19H,17H2,1-2H3,(H,18,20). The highest BCUT2D eigenvalue weighted by atomic mass is 19.1. The van der Waals surface area contributed by atoms with Gasteiger partial charge in [-0.15, -0.1) is 0 Å². The lowest BCUT2D eigenvalue weighted by molar-refractivity contribution is 0.0963. The molecule has 0 spiro atoms. The van der Waals surface area contributed by atoms with E-state index in [0.29, 0.717) is 22.6 Å². The van der Waals surface area contributed by atoms with E-state index in [1.807, 2.05) is 6.92 Å². The van der Waals surface area contributed by atoms with Crippen molar-refractivity contribution in [1.29, 1.82) is 0 Å². The molecule has 5 heteroatoms. The van der Waals surface area contributed by atoms with Gasteiger partial charge in [0.15, 0.2) is 0 Å². The average Bonchev–Trinajstić information content (AvgIpc) is 2.44.